The van der Waals surface area contributed by atoms with Crippen molar-refractivity contribution in [1.29, 1.82) is 0 Å². The molecule has 0 aliphatic carbocycles. The third kappa shape index (κ3) is 2.14. The lowest BCUT2D eigenvalue weighted by atomic mass is 10.1. The van der Waals surface area contributed by atoms with E-state index in [4.69, 9.17) is 4.84 Å². The maximum Gasteiger partial charge on any atom is 0.365 e. The van der Waals surface area contributed by atoms with Gasteiger partial charge in [0.15, 0.2) is 0 Å². The van der Waals surface area contributed by atoms with Crippen LogP contribution < -0.4 is 4.84 Å². The molecule has 6 nitrogen and oxygen atoms in total. The first-order valence-corrected chi connectivity index (χ1v) is 5.86. The SMILES string of the molecule is O=Cc1ccc(C(=O)On2nnc3ccccc32)cc1. The Morgan fingerprint density at radius 2 is 1.85 bits per heavy atom. The molecule has 1 aromatic heterocycles. The molecule has 1 heterocycles. The molecule has 3 aromatic rings. The van der Waals surface area contributed by atoms with E-state index in [-0.39, 0.29) is 0 Å². The molecule has 0 bridgehead atoms. The first-order chi connectivity index (χ1) is 9.78. The summed E-state index contributed by atoms with van der Waals surface area (Å²) >= 11 is 0. The molecule has 0 N–H and O–H groups in total. The standard InChI is InChI=1S/C14H9N3O3/c18-9-10-5-7-11(8-6-10)14(19)20-17-13-4-2-1-3-12(13)15-16-17/h1-9H. The fourth-order valence-electron chi connectivity index (χ4n) is 1.74. The van der Waals surface area contributed by atoms with Gasteiger partial charge in [0.2, 0.25) is 0 Å². The molecule has 20 heavy (non-hydrogen) atoms. The van der Waals surface area contributed by atoms with E-state index in [9.17, 15) is 9.59 Å². The topological polar surface area (TPSA) is 74.1 Å². The van der Waals surface area contributed by atoms with Crippen LogP contribution >= 0.6 is 0 Å². The van der Waals surface area contributed by atoms with Crippen molar-refractivity contribution in [3.63, 3.8) is 0 Å². The molecule has 2 aromatic carbocycles. The van der Waals surface area contributed by atoms with Crippen molar-refractivity contribution >= 4 is 23.3 Å². The van der Waals surface area contributed by atoms with Gasteiger partial charge >= 0.3 is 5.97 Å². The Morgan fingerprint density at radius 3 is 2.60 bits per heavy atom. The van der Waals surface area contributed by atoms with Crippen molar-refractivity contribution < 1.29 is 14.4 Å². The predicted molar refractivity (Wildman–Crippen MR) is 70.3 cm³/mol. The highest BCUT2D eigenvalue weighted by atomic mass is 16.7. The van der Waals surface area contributed by atoms with E-state index in [0.29, 0.717) is 28.4 Å². The summed E-state index contributed by atoms with van der Waals surface area (Å²) in [6.45, 7) is 0. The van der Waals surface area contributed by atoms with Gasteiger partial charge in [-0.05, 0) is 29.5 Å². The second-order valence-corrected chi connectivity index (χ2v) is 4.07. The van der Waals surface area contributed by atoms with Gasteiger partial charge in [0.25, 0.3) is 0 Å². The molecule has 0 fully saturated rings. The van der Waals surface area contributed by atoms with Gasteiger partial charge in [0.1, 0.15) is 17.3 Å². The lowest BCUT2D eigenvalue weighted by Gasteiger charge is -2.03. The van der Waals surface area contributed by atoms with Gasteiger partial charge in [-0.3, -0.25) is 4.79 Å². The molecule has 0 aliphatic heterocycles. The first-order valence-electron chi connectivity index (χ1n) is 5.86. The van der Waals surface area contributed by atoms with Gasteiger partial charge in [0, 0.05) is 5.56 Å². The number of carbonyl (C=O) groups excluding carboxylic acids is 2. The molecular weight excluding hydrogens is 258 g/mol. The fraction of sp³-hybridized carbons (Fsp3) is 0. The molecule has 0 saturated carbocycles. The minimum Gasteiger partial charge on any atom is -0.312 e. The van der Waals surface area contributed by atoms with E-state index in [2.05, 4.69) is 10.3 Å². The Bertz CT molecular complexity index is 778. The number of carbonyl (C=O) groups is 2. The predicted octanol–water partition coefficient (Wildman–Crippen LogP) is 1.51. The number of nitrogens with zero attached hydrogens (tertiary/aromatic N) is 3. The lowest BCUT2D eigenvalue weighted by Crippen LogP contribution is -2.21. The van der Waals surface area contributed by atoms with Crippen molar-refractivity contribution in [3.8, 4) is 0 Å². The van der Waals surface area contributed by atoms with E-state index in [0.717, 1.165) is 4.85 Å². The van der Waals surface area contributed by atoms with Crippen molar-refractivity contribution in [2.24, 2.45) is 0 Å². The third-order valence-electron chi connectivity index (χ3n) is 2.77. The summed E-state index contributed by atoms with van der Waals surface area (Å²) in [6.07, 6.45) is 0.708. The van der Waals surface area contributed by atoms with Crippen molar-refractivity contribution in [1.82, 2.24) is 15.2 Å². The molecule has 98 valence electrons. The fourth-order valence-corrected chi connectivity index (χ4v) is 1.74. The zero-order valence-corrected chi connectivity index (χ0v) is 10.3. The summed E-state index contributed by atoms with van der Waals surface area (Å²) in [5.74, 6) is -0.571. The van der Waals surface area contributed by atoms with Crippen LogP contribution in [0.2, 0.25) is 0 Å². The Morgan fingerprint density at radius 1 is 1.10 bits per heavy atom. The van der Waals surface area contributed by atoms with E-state index in [1.54, 1.807) is 30.3 Å². The number of benzene rings is 2. The minimum absolute atomic E-state index is 0.329. The highest BCUT2D eigenvalue weighted by Crippen LogP contribution is 2.09. The van der Waals surface area contributed by atoms with Gasteiger partial charge in [-0.25, -0.2) is 4.79 Å². The Labute approximate surface area is 113 Å². The summed E-state index contributed by atoms with van der Waals surface area (Å²) < 4.78 is 0. The van der Waals surface area contributed by atoms with Crippen LogP contribution in [-0.4, -0.2) is 27.4 Å². The van der Waals surface area contributed by atoms with Crippen LogP contribution in [0.15, 0.2) is 48.5 Å². The number of hydrogen-bond acceptors (Lipinski definition) is 5. The molecule has 0 radical (unpaired) electrons. The molecule has 0 saturated heterocycles. The van der Waals surface area contributed by atoms with Crippen LogP contribution in [0, 0.1) is 0 Å². The van der Waals surface area contributed by atoms with Gasteiger partial charge < -0.3 is 4.84 Å². The molecule has 0 atom stereocenters. The lowest BCUT2D eigenvalue weighted by molar-refractivity contribution is 0.0408. The number of para-hydroxylation sites is 1. The average Bonchev–Trinajstić information content (AvgIpc) is 2.91. The second kappa shape index (κ2) is 4.93. The molecule has 0 spiro atoms. The monoisotopic (exact) mass is 267 g/mol. The zero-order valence-electron chi connectivity index (χ0n) is 10.3. The second-order valence-electron chi connectivity index (χ2n) is 4.07. The number of hydrogen-bond donors (Lipinski definition) is 0. The van der Waals surface area contributed by atoms with E-state index in [1.165, 1.54) is 12.1 Å². The van der Waals surface area contributed by atoms with E-state index < -0.39 is 5.97 Å². The van der Waals surface area contributed by atoms with Gasteiger partial charge in [0.05, 0.1) is 5.56 Å². The third-order valence-corrected chi connectivity index (χ3v) is 2.77. The van der Waals surface area contributed by atoms with Crippen molar-refractivity contribution in [3.05, 3.63) is 59.7 Å². The number of aldehydes is 1. The van der Waals surface area contributed by atoms with Crippen LogP contribution in [0.3, 0.4) is 0 Å². The average molecular weight is 267 g/mol. The van der Waals surface area contributed by atoms with E-state index >= 15 is 0 Å². The van der Waals surface area contributed by atoms with Crippen molar-refractivity contribution in [2.75, 3.05) is 0 Å². The number of fused-ring (bicyclic) bond motifs is 1. The zero-order chi connectivity index (χ0) is 13.9. The van der Waals surface area contributed by atoms with Gasteiger partial charge in [-0.2, -0.15) is 0 Å². The molecule has 0 amide bonds. The van der Waals surface area contributed by atoms with Crippen LogP contribution in [-0.2, 0) is 0 Å². The molecule has 0 unspecified atom stereocenters. The maximum absolute atomic E-state index is 12.0. The first kappa shape index (κ1) is 12.0. The highest BCUT2D eigenvalue weighted by molar-refractivity contribution is 5.91. The normalized spacial score (nSPS) is 10.4. The van der Waals surface area contributed by atoms with Crippen LogP contribution in [0.5, 0.6) is 0 Å². The maximum atomic E-state index is 12.0. The Hall–Kier alpha value is -3.02. The summed E-state index contributed by atoms with van der Waals surface area (Å²) in [5, 5.41) is 7.64. The number of aromatic nitrogens is 3. The Balaban J connectivity index is 1.86. The van der Waals surface area contributed by atoms with Gasteiger partial charge in [-0.15, -0.1) is 5.10 Å². The Kier molecular flexibility index (Phi) is 2.96. The largest absolute Gasteiger partial charge is 0.365 e. The summed E-state index contributed by atoms with van der Waals surface area (Å²) in [7, 11) is 0. The van der Waals surface area contributed by atoms with Crippen LogP contribution in [0.1, 0.15) is 20.7 Å². The quantitative estimate of drug-likeness (QED) is 0.531. The summed E-state index contributed by atoms with van der Waals surface area (Å²) in [5.41, 5.74) is 2.06. The molecular formula is C14H9N3O3. The molecule has 6 heteroatoms. The molecule has 3 rings (SSSR count). The van der Waals surface area contributed by atoms with Crippen LogP contribution in [0.25, 0.3) is 11.0 Å². The molecule has 0 aliphatic rings. The van der Waals surface area contributed by atoms with E-state index in [1.807, 2.05) is 6.07 Å². The van der Waals surface area contributed by atoms with Gasteiger partial charge in [-0.1, -0.05) is 29.1 Å². The van der Waals surface area contributed by atoms with Crippen LogP contribution in [0.4, 0.5) is 0 Å². The minimum atomic E-state index is -0.571. The smallest absolute Gasteiger partial charge is 0.312 e. The highest BCUT2D eigenvalue weighted by Gasteiger charge is 2.12. The summed E-state index contributed by atoms with van der Waals surface area (Å²) in [6, 6.07) is 13.3. The summed E-state index contributed by atoms with van der Waals surface area (Å²) in [4.78, 5) is 28.7. The number of rotatable bonds is 3. The van der Waals surface area contributed by atoms with Crippen molar-refractivity contribution in [2.45, 2.75) is 0 Å².